The predicted octanol–water partition coefficient (Wildman–Crippen LogP) is 4.77. The fourth-order valence-corrected chi connectivity index (χ4v) is 3.21. The summed E-state index contributed by atoms with van der Waals surface area (Å²) in [6, 6.07) is 13.8. The number of fused-ring (bicyclic) bond motifs is 1. The van der Waals surface area contributed by atoms with Crippen molar-refractivity contribution < 1.29 is 13.2 Å². The van der Waals surface area contributed by atoms with Crippen LogP contribution in [0.4, 0.5) is 13.2 Å². The van der Waals surface area contributed by atoms with Gasteiger partial charge in [-0.15, -0.1) is 11.3 Å². The molecule has 0 saturated carbocycles. The largest absolute Gasteiger partial charge is 0.432 e. The summed E-state index contributed by atoms with van der Waals surface area (Å²) in [6.07, 6.45) is -4.46. The summed E-state index contributed by atoms with van der Waals surface area (Å²) >= 11 is 1.48. The van der Waals surface area contributed by atoms with E-state index in [0.29, 0.717) is 16.4 Å². The average molecular weight is 346 g/mol. The quantitative estimate of drug-likeness (QED) is 0.569. The maximum absolute atomic E-state index is 12.7. The van der Waals surface area contributed by atoms with E-state index in [1.165, 1.54) is 11.3 Å². The molecule has 1 aromatic carbocycles. The number of hydrogen-bond acceptors (Lipinski definition) is 4. The number of benzene rings is 1. The van der Waals surface area contributed by atoms with Crippen LogP contribution in [0.3, 0.4) is 0 Å². The van der Waals surface area contributed by atoms with Crippen LogP contribution in [0, 0.1) is 0 Å². The number of nitrogens with one attached hydrogen (secondary N) is 1. The zero-order chi connectivity index (χ0) is 16.7. The minimum atomic E-state index is -4.46. The van der Waals surface area contributed by atoms with Crippen molar-refractivity contribution >= 4 is 21.6 Å². The number of hydrogen-bond donors (Lipinski definition) is 1. The van der Waals surface area contributed by atoms with E-state index >= 15 is 0 Å². The summed E-state index contributed by atoms with van der Waals surface area (Å²) in [4.78, 5) is 8.91. The lowest BCUT2D eigenvalue weighted by molar-refractivity contribution is -0.141. The van der Waals surface area contributed by atoms with E-state index in [0.717, 1.165) is 16.3 Å². The summed E-state index contributed by atoms with van der Waals surface area (Å²) in [5.74, 6) is 0. The zero-order valence-corrected chi connectivity index (χ0v) is 12.8. The number of para-hydroxylation sites is 1. The smallest absolute Gasteiger partial charge is 0.273 e. The van der Waals surface area contributed by atoms with E-state index in [2.05, 4.69) is 15.1 Å². The van der Waals surface area contributed by atoms with Gasteiger partial charge in [0.1, 0.15) is 16.4 Å². The molecule has 0 aliphatic carbocycles. The summed E-state index contributed by atoms with van der Waals surface area (Å²) in [6.45, 7) is 0. The van der Waals surface area contributed by atoms with Crippen molar-refractivity contribution in [2.45, 2.75) is 6.18 Å². The Morgan fingerprint density at radius 3 is 2.42 bits per heavy atom. The van der Waals surface area contributed by atoms with Crippen LogP contribution >= 0.6 is 11.3 Å². The van der Waals surface area contributed by atoms with Crippen LogP contribution in [0.1, 0.15) is 5.69 Å². The molecule has 4 aromatic rings. The number of thiazole rings is 1. The highest BCUT2D eigenvalue weighted by Crippen LogP contribution is 2.32. The number of aromatic nitrogens is 4. The van der Waals surface area contributed by atoms with E-state index < -0.39 is 11.9 Å². The molecule has 8 heteroatoms. The molecule has 120 valence electrons. The number of rotatable bonds is 2. The molecule has 0 radical (unpaired) electrons. The van der Waals surface area contributed by atoms with E-state index in [-0.39, 0.29) is 5.69 Å². The molecule has 0 fully saturated rings. The third kappa shape index (κ3) is 2.65. The molecule has 3 aromatic heterocycles. The Balaban J connectivity index is 1.74. The molecule has 0 aliphatic heterocycles. The monoisotopic (exact) mass is 346 g/mol. The molecule has 0 bridgehead atoms. The summed E-state index contributed by atoms with van der Waals surface area (Å²) in [7, 11) is 0. The molecule has 0 atom stereocenters. The zero-order valence-electron chi connectivity index (χ0n) is 12.0. The topological polar surface area (TPSA) is 54.5 Å². The average Bonchev–Trinajstić information content (AvgIpc) is 3.21. The molecule has 4 nitrogen and oxygen atoms in total. The van der Waals surface area contributed by atoms with Crippen molar-refractivity contribution in [2.24, 2.45) is 0 Å². The lowest BCUT2D eigenvalue weighted by Crippen LogP contribution is -2.04. The van der Waals surface area contributed by atoms with Gasteiger partial charge in [0, 0.05) is 0 Å². The van der Waals surface area contributed by atoms with Gasteiger partial charge in [-0.3, -0.25) is 5.10 Å². The molecule has 24 heavy (non-hydrogen) atoms. The van der Waals surface area contributed by atoms with Crippen molar-refractivity contribution in [1.82, 2.24) is 20.2 Å². The second-order valence-corrected chi connectivity index (χ2v) is 6.09. The first-order chi connectivity index (χ1) is 11.5. The lowest BCUT2D eigenvalue weighted by atomic mass is 10.2. The summed E-state index contributed by atoms with van der Waals surface area (Å²) < 4.78 is 39.1. The van der Waals surface area contributed by atoms with Crippen LogP contribution < -0.4 is 0 Å². The van der Waals surface area contributed by atoms with Gasteiger partial charge in [-0.25, -0.2) is 9.97 Å². The molecule has 0 saturated heterocycles. The van der Waals surface area contributed by atoms with Crippen molar-refractivity contribution in [2.75, 3.05) is 0 Å². The fourth-order valence-electron chi connectivity index (χ4n) is 2.28. The minimum Gasteiger partial charge on any atom is -0.273 e. The first-order valence-electron chi connectivity index (χ1n) is 6.97. The molecule has 3 heterocycles. The Labute approximate surface area is 138 Å². The van der Waals surface area contributed by atoms with E-state index in [9.17, 15) is 13.2 Å². The number of halogens is 3. The third-order valence-electron chi connectivity index (χ3n) is 3.41. The standard InChI is InChI=1S/C16H9F3N4S/c17-16(18,19)14-8-12(22-23-14)9-5-3-6-11(20-9)15-21-10-4-1-2-7-13(10)24-15/h1-8H,(H,22,23). The second-order valence-electron chi connectivity index (χ2n) is 5.06. The van der Waals surface area contributed by atoms with Gasteiger partial charge in [-0.1, -0.05) is 18.2 Å². The molecule has 0 unspecified atom stereocenters. The van der Waals surface area contributed by atoms with Gasteiger partial charge >= 0.3 is 6.18 Å². The Bertz CT molecular complexity index is 986. The Hall–Kier alpha value is -2.74. The van der Waals surface area contributed by atoms with Crippen LogP contribution in [0.15, 0.2) is 48.5 Å². The van der Waals surface area contributed by atoms with Gasteiger partial charge < -0.3 is 0 Å². The van der Waals surface area contributed by atoms with Gasteiger partial charge in [0.15, 0.2) is 0 Å². The first-order valence-corrected chi connectivity index (χ1v) is 7.78. The maximum Gasteiger partial charge on any atom is 0.432 e. The Morgan fingerprint density at radius 2 is 1.67 bits per heavy atom. The molecule has 0 amide bonds. The van der Waals surface area contributed by atoms with Gasteiger partial charge in [0.2, 0.25) is 0 Å². The number of nitrogens with zero attached hydrogens (tertiary/aromatic N) is 3. The predicted molar refractivity (Wildman–Crippen MR) is 85.4 cm³/mol. The van der Waals surface area contributed by atoms with Crippen molar-refractivity contribution in [1.29, 1.82) is 0 Å². The molecule has 0 spiro atoms. The van der Waals surface area contributed by atoms with Gasteiger partial charge in [0.05, 0.1) is 21.6 Å². The van der Waals surface area contributed by atoms with Crippen molar-refractivity contribution in [3.8, 4) is 22.1 Å². The lowest BCUT2D eigenvalue weighted by Gasteiger charge is -2.00. The number of pyridine rings is 1. The highest BCUT2D eigenvalue weighted by molar-refractivity contribution is 7.21. The SMILES string of the molecule is FC(F)(F)c1cc(-c2cccc(-c3nc4ccccc4s3)n2)n[nH]1. The van der Waals surface area contributed by atoms with Crippen LogP contribution in [0.5, 0.6) is 0 Å². The summed E-state index contributed by atoms with van der Waals surface area (Å²) in [5.41, 5.74) is 1.07. The Kier molecular flexibility index (Phi) is 3.34. The molecule has 4 rings (SSSR count). The molecular weight excluding hydrogens is 337 g/mol. The van der Waals surface area contributed by atoms with Gasteiger partial charge in [0.25, 0.3) is 0 Å². The molecule has 1 N–H and O–H groups in total. The highest BCUT2D eigenvalue weighted by atomic mass is 32.1. The Morgan fingerprint density at radius 1 is 0.875 bits per heavy atom. The van der Waals surface area contributed by atoms with Gasteiger partial charge in [-0.05, 0) is 30.3 Å². The number of alkyl halides is 3. The first kappa shape index (κ1) is 14.8. The fraction of sp³-hybridized carbons (Fsp3) is 0.0625. The summed E-state index contributed by atoms with van der Waals surface area (Å²) in [5, 5.41) is 6.42. The number of aromatic amines is 1. The van der Waals surface area contributed by atoms with Crippen molar-refractivity contribution in [3.63, 3.8) is 0 Å². The van der Waals surface area contributed by atoms with Gasteiger partial charge in [-0.2, -0.15) is 18.3 Å². The normalized spacial score (nSPS) is 12.0. The minimum absolute atomic E-state index is 0.144. The highest BCUT2D eigenvalue weighted by Gasteiger charge is 2.33. The van der Waals surface area contributed by atoms with Crippen molar-refractivity contribution in [3.05, 3.63) is 54.2 Å². The van der Waals surface area contributed by atoms with Crippen LogP contribution in [-0.4, -0.2) is 20.2 Å². The van der Waals surface area contributed by atoms with E-state index in [1.807, 2.05) is 29.4 Å². The number of H-pyrrole nitrogens is 1. The maximum atomic E-state index is 12.7. The van der Waals surface area contributed by atoms with E-state index in [1.54, 1.807) is 18.2 Å². The van der Waals surface area contributed by atoms with Crippen LogP contribution in [0.25, 0.3) is 32.3 Å². The third-order valence-corrected chi connectivity index (χ3v) is 4.47. The second kappa shape index (κ2) is 5.41. The van der Waals surface area contributed by atoms with Crippen LogP contribution in [0.2, 0.25) is 0 Å². The molecular formula is C16H9F3N4S. The van der Waals surface area contributed by atoms with Crippen LogP contribution in [-0.2, 0) is 6.18 Å². The molecule has 0 aliphatic rings. The van der Waals surface area contributed by atoms with E-state index in [4.69, 9.17) is 0 Å².